The van der Waals surface area contributed by atoms with Gasteiger partial charge in [-0.05, 0) is 31.2 Å². The maximum Gasteiger partial charge on any atom is 0.254 e. The zero-order chi connectivity index (χ0) is 15.4. The van der Waals surface area contributed by atoms with Gasteiger partial charge in [0, 0.05) is 24.7 Å². The number of nitrogens with zero attached hydrogens (tertiary/aromatic N) is 1. The third-order valence-corrected chi connectivity index (χ3v) is 3.42. The summed E-state index contributed by atoms with van der Waals surface area (Å²) < 4.78 is 5.43. The van der Waals surface area contributed by atoms with Gasteiger partial charge in [0.2, 0.25) is 5.91 Å². The summed E-state index contributed by atoms with van der Waals surface area (Å²) >= 11 is 0. The monoisotopic (exact) mass is 292 g/mol. The first-order valence-corrected chi connectivity index (χ1v) is 6.92. The Morgan fingerprint density at radius 2 is 2.05 bits per heavy atom. The van der Waals surface area contributed by atoms with Crippen LogP contribution in [0.5, 0.6) is 0 Å². The van der Waals surface area contributed by atoms with E-state index >= 15 is 0 Å². The first kappa shape index (κ1) is 15.5. The first-order valence-electron chi connectivity index (χ1n) is 6.92. The second-order valence-corrected chi connectivity index (χ2v) is 5.20. The van der Waals surface area contributed by atoms with Gasteiger partial charge in [0.05, 0.1) is 25.4 Å². The molecule has 0 aromatic heterocycles. The number of rotatable bonds is 3. The highest BCUT2D eigenvalue weighted by molar-refractivity contribution is 5.95. The van der Waals surface area contributed by atoms with Crippen LogP contribution < -0.4 is 5.32 Å². The molecule has 2 amide bonds. The zero-order valence-corrected chi connectivity index (χ0v) is 12.2. The number of anilines is 1. The lowest BCUT2D eigenvalue weighted by atomic mass is 10.1. The topological polar surface area (TPSA) is 78.9 Å². The van der Waals surface area contributed by atoms with Crippen LogP contribution in [-0.2, 0) is 9.53 Å². The van der Waals surface area contributed by atoms with E-state index in [4.69, 9.17) is 9.84 Å². The van der Waals surface area contributed by atoms with Crippen molar-refractivity contribution in [2.45, 2.75) is 26.0 Å². The van der Waals surface area contributed by atoms with Crippen LogP contribution >= 0.6 is 0 Å². The molecule has 1 aromatic rings. The number of nitrogens with one attached hydrogen (secondary N) is 1. The van der Waals surface area contributed by atoms with E-state index in [9.17, 15) is 9.59 Å². The van der Waals surface area contributed by atoms with E-state index in [2.05, 4.69) is 5.32 Å². The van der Waals surface area contributed by atoms with E-state index in [1.807, 2.05) is 6.92 Å². The van der Waals surface area contributed by atoms with Crippen LogP contribution in [0, 0.1) is 0 Å². The Kier molecular flexibility index (Phi) is 4.93. The van der Waals surface area contributed by atoms with E-state index in [1.165, 1.54) is 6.92 Å². The number of benzene rings is 1. The van der Waals surface area contributed by atoms with Crippen molar-refractivity contribution in [3.63, 3.8) is 0 Å². The van der Waals surface area contributed by atoms with E-state index in [-0.39, 0.29) is 30.6 Å². The van der Waals surface area contributed by atoms with E-state index < -0.39 is 0 Å². The lowest BCUT2D eigenvalue weighted by Gasteiger charge is -2.37. The average Bonchev–Trinajstić information content (AvgIpc) is 2.47. The molecule has 1 heterocycles. The van der Waals surface area contributed by atoms with Gasteiger partial charge in [-0.2, -0.15) is 0 Å². The van der Waals surface area contributed by atoms with Crippen molar-refractivity contribution in [3.05, 3.63) is 29.8 Å². The summed E-state index contributed by atoms with van der Waals surface area (Å²) in [7, 11) is 0. The molecule has 0 aliphatic carbocycles. The number of aliphatic hydroxyl groups is 1. The van der Waals surface area contributed by atoms with E-state index in [1.54, 1.807) is 29.2 Å². The van der Waals surface area contributed by atoms with Gasteiger partial charge in [-0.15, -0.1) is 0 Å². The summed E-state index contributed by atoms with van der Waals surface area (Å²) in [6, 6.07) is 6.73. The molecule has 0 spiro atoms. The summed E-state index contributed by atoms with van der Waals surface area (Å²) in [6.45, 7) is 4.05. The quantitative estimate of drug-likeness (QED) is 0.866. The van der Waals surface area contributed by atoms with Crippen LogP contribution in [-0.4, -0.2) is 53.7 Å². The highest BCUT2D eigenvalue weighted by Crippen LogP contribution is 2.17. The third-order valence-electron chi connectivity index (χ3n) is 3.42. The Morgan fingerprint density at radius 1 is 1.38 bits per heavy atom. The lowest BCUT2D eigenvalue weighted by molar-refractivity contribution is -0.114. The molecule has 2 N–H and O–H groups in total. The van der Waals surface area contributed by atoms with Crippen LogP contribution in [0.4, 0.5) is 5.69 Å². The molecule has 1 saturated heterocycles. The average molecular weight is 292 g/mol. The Labute approximate surface area is 123 Å². The van der Waals surface area contributed by atoms with Gasteiger partial charge < -0.3 is 20.1 Å². The zero-order valence-electron chi connectivity index (χ0n) is 12.2. The van der Waals surface area contributed by atoms with Gasteiger partial charge in [0.1, 0.15) is 0 Å². The maximum absolute atomic E-state index is 12.5. The lowest BCUT2D eigenvalue weighted by Crippen LogP contribution is -2.52. The SMILES string of the molecule is CC(=O)Nc1ccc(C(=O)N2CC(CO)OCC2C)cc1. The van der Waals surface area contributed by atoms with Crippen molar-refractivity contribution in [2.24, 2.45) is 0 Å². The van der Waals surface area contributed by atoms with Crippen LogP contribution in [0.1, 0.15) is 24.2 Å². The third kappa shape index (κ3) is 3.80. The van der Waals surface area contributed by atoms with Crippen LogP contribution in [0.15, 0.2) is 24.3 Å². The van der Waals surface area contributed by atoms with Gasteiger partial charge in [-0.1, -0.05) is 0 Å². The van der Waals surface area contributed by atoms with E-state index in [0.29, 0.717) is 24.4 Å². The maximum atomic E-state index is 12.5. The number of hydrogen-bond donors (Lipinski definition) is 2. The molecule has 0 bridgehead atoms. The summed E-state index contributed by atoms with van der Waals surface area (Å²) in [6.07, 6.45) is -0.330. The van der Waals surface area contributed by atoms with Crippen molar-refractivity contribution < 1.29 is 19.4 Å². The number of morpholine rings is 1. The molecule has 114 valence electrons. The predicted octanol–water partition coefficient (Wildman–Crippen LogP) is 0.867. The van der Waals surface area contributed by atoms with Gasteiger partial charge >= 0.3 is 0 Å². The largest absolute Gasteiger partial charge is 0.394 e. The number of hydrogen-bond acceptors (Lipinski definition) is 4. The number of carbonyl (C=O) groups excluding carboxylic acids is 2. The molecule has 1 aromatic carbocycles. The molecule has 1 fully saturated rings. The molecule has 2 rings (SSSR count). The second kappa shape index (κ2) is 6.69. The number of aliphatic hydroxyl groups excluding tert-OH is 1. The fraction of sp³-hybridized carbons (Fsp3) is 0.467. The Bertz CT molecular complexity index is 515. The van der Waals surface area contributed by atoms with Crippen molar-refractivity contribution >= 4 is 17.5 Å². The summed E-state index contributed by atoms with van der Waals surface area (Å²) in [5, 5.41) is 11.8. The molecule has 0 saturated carbocycles. The van der Waals surface area contributed by atoms with E-state index in [0.717, 1.165) is 0 Å². The van der Waals surface area contributed by atoms with Gasteiger partial charge in [0.25, 0.3) is 5.91 Å². The second-order valence-electron chi connectivity index (χ2n) is 5.20. The Balaban J connectivity index is 2.09. The molecule has 1 aliphatic rings. The molecule has 2 unspecified atom stereocenters. The minimum absolute atomic E-state index is 0.0321. The Morgan fingerprint density at radius 3 is 2.62 bits per heavy atom. The minimum Gasteiger partial charge on any atom is -0.394 e. The normalized spacial score (nSPS) is 22.0. The van der Waals surface area contributed by atoms with Crippen LogP contribution in [0.2, 0.25) is 0 Å². The molecule has 6 heteroatoms. The molecule has 21 heavy (non-hydrogen) atoms. The fourth-order valence-corrected chi connectivity index (χ4v) is 2.28. The number of carbonyl (C=O) groups is 2. The number of amides is 2. The molecule has 0 radical (unpaired) electrons. The molecule has 6 nitrogen and oxygen atoms in total. The van der Waals surface area contributed by atoms with Gasteiger partial charge in [-0.25, -0.2) is 0 Å². The minimum atomic E-state index is -0.330. The standard InChI is InChI=1S/C15H20N2O4/c1-10-9-21-14(8-18)7-17(10)15(20)12-3-5-13(6-4-12)16-11(2)19/h3-6,10,14,18H,7-9H2,1-2H3,(H,16,19). The summed E-state index contributed by atoms with van der Waals surface area (Å²) in [5.41, 5.74) is 1.21. The highest BCUT2D eigenvalue weighted by Gasteiger charge is 2.29. The van der Waals surface area contributed by atoms with Crippen molar-refractivity contribution in [1.82, 2.24) is 4.90 Å². The van der Waals surface area contributed by atoms with Crippen molar-refractivity contribution in [1.29, 1.82) is 0 Å². The van der Waals surface area contributed by atoms with Crippen LogP contribution in [0.25, 0.3) is 0 Å². The fourth-order valence-electron chi connectivity index (χ4n) is 2.28. The number of ether oxygens (including phenoxy) is 1. The smallest absolute Gasteiger partial charge is 0.254 e. The first-order chi connectivity index (χ1) is 10.0. The molecule has 2 atom stereocenters. The van der Waals surface area contributed by atoms with Crippen molar-refractivity contribution in [3.8, 4) is 0 Å². The van der Waals surface area contributed by atoms with Gasteiger partial charge in [-0.3, -0.25) is 9.59 Å². The summed E-state index contributed by atoms with van der Waals surface area (Å²) in [4.78, 5) is 25.2. The molecule has 1 aliphatic heterocycles. The van der Waals surface area contributed by atoms with Crippen molar-refractivity contribution in [2.75, 3.05) is 25.1 Å². The molecular formula is C15H20N2O4. The predicted molar refractivity (Wildman–Crippen MR) is 78.1 cm³/mol. The molecular weight excluding hydrogens is 272 g/mol. The Hall–Kier alpha value is -1.92. The van der Waals surface area contributed by atoms with Gasteiger partial charge in [0.15, 0.2) is 0 Å². The van der Waals surface area contributed by atoms with Crippen LogP contribution in [0.3, 0.4) is 0 Å². The highest BCUT2D eigenvalue weighted by atomic mass is 16.5. The summed E-state index contributed by atoms with van der Waals surface area (Å²) in [5.74, 6) is -0.250.